The molecule has 0 fully saturated rings. The summed E-state index contributed by atoms with van der Waals surface area (Å²) in [5.41, 5.74) is 5.43. The van der Waals surface area contributed by atoms with Crippen molar-refractivity contribution in [2.45, 2.75) is 39.0 Å². The van der Waals surface area contributed by atoms with Gasteiger partial charge in [0.15, 0.2) is 5.71 Å². The fraction of sp³-hybridized carbons (Fsp3) is 0.375. The number of nitro groups is 1. The molecule has 0 N–H and O–H groups in total. The summed E-state index contributed by atoms with van der Waals surface area (Å²) in [6.07, 6.45) is 6.48. The zero-order valence-electron chi connectivity index (χ0n) is 18.0. The Morgan fingerprint density at radius 1 is 1.10 bits per heavy atom. The van der Waals surface area contributed by atoms with Gasteiger partial charge in [-0.3, -0.25) is 10.1 Å². The van der Waals surface area contributed by atoms with E-state index >= 15 is 0 Å². The number of nitro benzene ring substituents is 1. The minimum atomic E-state index is -0.313. The fourth-order valence-corrected chi connectivity index (χ4v) is 3.89. The molecule has 5 heteroatoms. The van der Waals surface area contributed by atoms with E-state index in [0.717, 1.165) is 36.2 Å². The Morgan fingerprint density at radius 3 is 2.38 bits per heavy atom. The van der Waals surface area contributed by atoms with Gasteiger partial charge >= 0.3 is 0 Å². The van der Waals surface area contributed by atoms with E-state index < -0.39 is 0 Å². The number of non-ortho nitro benzene ring substituents is 1. The molecule has 3 rings (SSSR count). The van der Waals surface area contributed by atoms with E-state index in [1.807, 2.05) is 20.2 Å². The average molecular weight is 393 g/mol. The van der Waals surface area contributed by atoms with E-state index in [1.165, 1.54) is 11.4 Å². The third kappa shape index (κ3) is 4.09. The van der Waals surface area contributed by atoms with Gasteiger partial charge in [-0.1, -0.05) is 25.5 Å². The Labute approximate surface area is 173 Å². The smallest absolute Gasteiger partial charge is 0.270 e. The zero-order valence-corrected chi connectivity index (χ0v) is 18.0. The monoisotopic (exact) mass is 392 g/mol. The highest BCUT2D eigenvalue weighted by molar-refractivity contribution is 6.05. The van der Waals surface area contributed by atoms with Crippen LogP contribution in [0.25, 0.3) is 6.08 Å². The molecule has 0 amide bonds. The minimum absolute atomic E-state index is 0.150. The number of unbranched alkanes of at least 4 members (excludes halogenated alkanes) is 1. The largest absolute Gasteiger partial charge is 0.378 e. The first-order chi connectivity index (χ1) is 13.8. The van der Waals surface area contributed by atoms with Gasteiger partial charge in [-0.05, 0) is 37.6 Å². The number of hydrogen-bond acceptors (Lipinski definition) is 3. The van der Waals surface area contributed by atoms with Crippen molar-refractivity contribution in [2.75, 3.05) is 25.5 Å². The lowest BCUT2D eigenvalue weighted by Gasteiger charge is -2.15. The molecular weight excluding hydrogens is 362 g/mol. The van der Waals surface area contributed by atoms with Crippen molar-refractivity contribution < 1.29 is 9.50 Å². The van der Waals surface area contributed by atoms with Gasteiger partial charge in [0.25, 0.3) is 5.69 Å². The van der Waals surface area contributed by atoms with Crippen molar-refractivity contribution in [3.8, 4) is 0 Å². The zero-order chi connectivity index (χ0) is 21.2. The second-order valence-corrected chi connectivity index (χ2v) is 8.29. The standard InChI is InChI=1S/C24H30N3O2/c1-6-7-16-26-22-14-13-20(27(28)29)17-21(22)24(2,3)23(26)15-10-18-8-11-19(12-9-18)25(4)5/h8-15,17H,6-7,16H2,1-5H3/q+1. The van der Waals surface area contributed by atoms with Gasteiger partial charge in [0.1, 0.15) is 6.54 Å². The maximum absolute atomic E-state index is 11.3. The number of benzene rings is 2. The lowest BCUT2D eigenvalue weighted by Crippen LogP contribution is -2.27. The van der Waals surface area contributed by atoms with Gasteiger partial charge in [-0.25, -0.2) is 0 Å². The number of fused-ring (bicyclic) bond motifs is 1. The third-order valence-corrected chi connectivity index (χ3v) is 5.66. The predicted octanol–water partition coefficient (Wildman–Crippen LogP) is 5.55. The van der Waals surface area contributed by atoms with Crippen molar-refractivity contribution in [1.82, 2.24) is 0 Å². The molecule has 1 aliphatic heterocycles. The Morgan fingerprint density at radius 2 is 1.79 bits per heavy atom. The summed E-state index contributed by atoms with van der Waals surface area (Å²) in [5, 5.41) is 11.3. The first-order valence-corrected chi connectivity index (χ1v) is 10.1. The molecule has 0 bridgehead atoms. The Bertz CT molecular complexity index is 970. The van der Waals surface area contributed by atoms with Crippen LogP contribution < -0.4 is 4.90 Å². The van der Waals surface area contributed by atoms with Gasteiger partial charge in [0, 0.05) is 56.0 Å². The molecular formula is C24H30N3O2+. The van der Waals surface area contributed by atoms with Crippen LogP contribution in [-0.2, 0) is 5.41 Å². The van der Waals surface area contributed by atoms with Crippen LogP contribution in [-0.4, -0.2) is 35.9 Å². The van der Waals surface area contributed by atoms with Gasteiger partial charge in [0.2, 0.25) is 5.69 Å². The Balaban J connectivity index is 2.02. The number of hydrogen-bond donors (Lipinski definition) is 0. The van der Waals surface area contributed by atoms with E-state index in [9.17, 15) is 10.1 Å². The second-order valence-electron chi connectivity index (χ2n) is 8.29. The van der Waals surface area contributed by atoms with Crippen molar-refractivity contribution in [3.05, 3.63) is 69.8 Å². The van der Waals surface area contributed by atoms with Crippen molar-refractivity contribution >= 4 is 28.8 Å². The van der Waals surface area contributed by atoms with E-state index in [0.29, 0.717) is 0 Å². The summed E-state index contributed by atoms with van der Waals surface area (Å²) >= 11 is 0. The minimum Gasteiger partial charge on any atom is -0.378 e. The molecule has 29 heavy (non-hydrogen) atoms. The second kappa shape index (κ2) is 8.19. The molecule has 0 saturated carbocycles. The highest BCUT2D eigenvalue weighted by Crippen LogP contribution is 2.42. The number of rotatable bonds is 7. The number of anilines is 1. The molecule has 1 heterocycles. The lowest BCUT2D eigenvalue weighted by molar-refractivity contribution is -0.438. The van der Waals surface area contributed by atoms with Crippen LogP contribution in [0, 0.1) is 10.1 Å². The van der Waals surface area contributed by atoms with Crippen LogP contribution in [0.15, 0.2) is 48.5 Å². The maximum atomic E-state index is 11.3. The summed E-state index contributed by atoms with van der Waals surface area (Å²) in [6.45, 7) is 7.39. The molecule has 0 aromatic heterocycles. The van der Waals surface area contributed by atoms with E-state index in [2.05, 4.69) is 66.7 Å². The van der Waals surface area contributed by atoms with Crippen molar-refractivity contribution in [2.24, 2.45) is 0 Å². The normalized spacial score (nSPS) is 15.1. The van der Waals surface area contributed by atoms with Crippen molar-refractivity contribution in [3.63, 3.8) is 0 Å². The predicted molar refractivity (Wildman–Crippen MR) is 121 cm³/mol. The highest BCUT2D eigenvalue weighted by atomic mass is 16.6. The quantitative estimate of drug-likeness (QED) is 0.353. The SMILES string of the molecule is CCCC[N+]1=C(/C=C/c2ccc(N(C)C)cc2)C(C)(C)c2cc([N+](=O)[O-])ccc21. The average Bonchev–Trinajstić information content (AvgIpc) is 2.90. The molecule has 0 radical (unpaired) electrons. The van der Waals surface area contributed by atoms with Crippen LogP contribution >= 0.6 is 0 Å². The third-order valence-electron chi connectivity index (χ3n) is 5.66. The Kier molecular flexibility index (Phi) is 5.87. The Hall–Kier alpha value is -2.95. The molecule has 0 unspecified atom stereocenters. The summed E-state index contributed by atoms with van der Waals surface area (Å²) < 4.78 is 2.33. The van der Waals surface area contributed by atoms with Gasteiger partial charge < -0.3 is 4.90 Å². The van der Waals surface area contributed by atoms with E-state index in [1.54, 1.807) is 12.1 Å². The summed E-state index contributed by atoms with van der Waals surface area (Å²) in [5.74, 6) is 0. The topological polar surface area (TPSA) is 49.4 Å². The summed E-state index contributed by atoms with van der Waals surface area (Å²) in [6, 6.07) is 13.7. The van der Waals surface area contributed by atoms with Crippen LogP contribution in [0.2, 0.25) is 0 Å². The highest BCUT2D eigenvalue weighted by Gasteiger charge is 2.45. The first kappa shape index (κ1) is 20.8. The fourth-order valence-electron chi connectivity index (χ4n) is 3.89. The molecule has 2 aromatic carbocycles. The number of allylic oxidation sites excluding steroid dienone is 1. The van der Waals surface area contributed by atoms with Crippen LogP contribution in [0.1, 0.15) is 44.7 Å². The van der Waals surface area contributed by atoms with Crippen molar-refractivity contribution in [1.29, 1.82) is 0 Å². The molecule has 0 atom stereocenters. The summed E-state index contributed by atoms with van der Waals surface area (Å²) in [4.78, 5) is 13.1. The van der Waals surface area contributed by atoms with Gasteiger partial charge in [-0.15, -0.1) is 0 Å². The molecule has 5 nitrogen and oxygen atoms in total. The molecule has 0 spiro atoms. The van der Waals surface area contributed by atoms with Crippen LogP contribution in [0.3, 0.4) is 0 Å². The summed E-state index contributed by atoms with van der Waals surface area (Å²) in [7, 11) is 4.06. The van der Waals surface area contributed by atoms with E-state index in [-0.39, 0.29) is 16.0 Å². The molecule has 1 aliphatic rings. The van der Waals surface area contributed by atoms with E-state index in [4.69, 9.17) is 0 Å². The molecule has 2 aromatic rings. The lowest BCUT2D eigenvalue weighted by atomic mass is 9.81. The van der Waals surface area contributed by atoms with Gasteiger partial charge in [-0.2, -0.15) is 4.58 Å². The molecule has 152 valence electrons. The number of nitrogens with zero attached hydrogens (tertiary/aromatic N) is 3. The van der Waals surface area contributed by atoms with Gasteiger partial charge in [0.05, 0.1) is 10.3 Å². The molecule has 0 aliphatic carbocycles. The van der Waals surface area contributed by atoms with Crippen LogP contribution in [0.4, 0.5) is 17.1 Å². The van der Waals surface area contributed by atoms with Crippen LogP contribution in [0.5, 0.6) is 0 Å². The first-order valence-electron chi connectivity index (χ1n) is 10.1. The molecule has 0 saturated heterocycles. The maximum Gasteiger partial charge on any atom is 0.270 e.